The van der Waals surface area contributed by atoms with Crippen LogP contribution in [0.5, 0.6) is 0 Å². The SMILES string of the molecule is Nc1ncc(Cc2cccc(Cl)c2)[nH]1. The molecule has 2 aromatic rings. The predicted octanol–water partition coefficient (Wildman–Crippen LogP) is 2.24. The average Bonchev–Trinajstić information content (AvgIpc) is 2.51. The van der Waals surface area contributed by atoms with Gasteiger partial charge in [0, 0.05) is 17.1 Å². The summed E-state index contributed by atoms with van der Waals surface area (Å²) in [4.78, 5) is 6.89. The molecule has 0 saturated heterocycles. The molecule has 0 atom stereocenters. The lowest BCUT2D eigenvalue weighted by atomic mass is 10.1. The van der Waals surface area contributed by atoms with Crippen molar-refractivity contribution >= 4 is 17.5 Å². The van der Waals surface area contributed by atoms with Crippen LogP contribution in [0, 0.1) is 0 Å². The first kappa shape index (κ1) is 9.09. The molecule has 14 heavy (non-hydrogen) atoms. The molecule has 2 rings (SSSR count). The number of rotatable bonds is 2. The normalized spacial score (nSPS) is 10.4. The highest BCUT2D eigenvalue weighted by Gasteiger charge is 1.99. The molecule has 0 amide bonds. The molecule has 3 N–H and O–H groups in total. The fourth-order valence-corrected chi connectivity index (χ4v) is 1.55. The number of H-pyrrole nitrogens is 1. The zero-order valence-electron chi connectivity index (χ0n) is 7.50. The molecule has 0 spiro atoms. The molecule has 0 aliphatic rings. The maximum absolute atomic E-state index is 5.87. The number of nitrogens with two attached hydrogens (primary N) is 1. The van der Waals surface area contributed by atoms with E-state index in [2.05, 4.69) is 9.97 Å². The van der Waals surface area contributed by atoms with Crippen molar-refractivity contribution in [3.05, 3.63) is 46.7 Å². The largest absolute Gasteiger partial charge is 0.369 e. The van der Waals surface area contributed by atoms with Gasteiger partial charge >= 0.3 is 0 Å². The van der Waals surface area contributed by atoms with Gasteiger partial charge in [0.15, 0.2) is 5.95 Å². The first-order valence-electron chi connectivity index (χ1n) is 4.28. The number of nitrogens with one attached hydrogen (secondary N) is 1. The summed E-state index contributed by atoms with van der Waals surface area (Å²) in [5, 5.41) is 0.745. The number of halogens is 1. The smallest absolute Gasteiger partial charge is 0.197 e. The number of hydrogen-bond acceptors (Lipinski definition) is 2. The van der Waals surface area contributed by atoms with Crippen LogP contribution in [0.1, 0.15) is 11.3 Å². The molecule has 1 aromatic heterocycles. The summed E-state index contributed by atoms with van der Waals surface area (Å²) in [6.45, 7) is 0. The number of aromatic amines is 1. The van der Waals surface area contributed by atoms with E-state index >= 15 is 0 Å². The van der Waals surface area contributed by atoms with Crippen molar-refractivity contribution in [3.8, 4) is 0 Å². The molecule has 1 aromatic carbocycles. The van der Waals surface area contributed by atoms with Crippen LogP contribution < -0.4 is 5.73 Å². The van der Waals surface area contributed by atoms with Crippen molar-refractivity contribution in [2.24, 2.45) is 0 Å². The van der Waals surface area contributed by atoms with Gasteiger partial charge in [0.1, 0.15) is 0 Å². The van der Waals surface area contributed by atoms with Gasteiger partial charge in [-0.25, -0.2) is 4.98 Å². The van der Waals surface area contributed by atoms with Crippen molar-refractivity contribution < 1.29 is 0 Å². The number of nitrogens with zero attached hydrogens (tertiary/aromatic N) is 1. The second-order valence-corrected chi connectivity index (χ2v) is 3.54. The molecular formula is C10H10ClN3. The third-order valence-corrected chi connectivity index (χ3v) is 2.17. The zero-order valence-corrected chi connectivity index (χ0v) is 8.25. The van der Waals surface area contributed by atoms with Crippen molar-refractivity contribution in [2.45, 2.75) is 6.42 Å². The van der Waals surface area contributed by atoms with Crippen LogP contribution in [-0.2, 0) is 6.42 Å². The van der Waals surface area contributed by atoms with E-state index < -0.39 is 0 Å². The lowest BCUT2D eigenvalue weighted by molar-refractivity contribution is 1.11. The summed E-state index contributed by atoms with van der Waals surface area (Å²) in [5.41, 5.74) is 7.60. The van der Waals surface area contributed by atoms with Gasteiger partial charge in [-0.05, 0) is 17.7 Å². The van der Waals surface area contributed by atoms with Gasteiger partial charge in [-0.3, -0.25) is 0 Å². The van der Waals surface area contributed by atoms with Crippen LogP contribution in [0.4, 0.5) is 5.95 Å². The molecule has 3 nitrogen and oxygen atoms in total. The average molecular weight is 208 g/mol. The van der Waals surface area contributed by atoms with E-state index in [4.69, 9.17) is 17.3 Å². The predicted molar refractivity (Wildman–Crippen MR) is 57.3 cm³/mol. The first-order chi connectivity index (χ1) is 6.74. The van der Waals surface area contributed by atoms with E-state index in [1.807, 2.05) is 24.3 Å². The van der Waals surface area contributed by atoms with Gasteiger partial charge < -0.3 is 10.7 Å². The molecule has 0 fully saturated rings. The lowest BCUT2D eigenvalue weighted by Crippen LogP contribution is -1.90. The molecule has 0 unspecified atom stereocenters. The molecule has 0 bridgehead atoms. The molecule has 4 heteroatoms. The number of aromatic nitrogens is 2. The summed E-state index contributed by atoms with van der Waals surface area (Å²) in [6.07, 6.45) is 2.50. The Kier molecular flexibility index (Phi) is 2.41. The Morgan fingerprint density at radius 1 is 1.43 bits per heavy atom. The first-order valence-corrected chi connectivity index (χ1v) is 4.65. The van der Waals surface area contributed by atoms with Crippen LogP contribution in [0.3, 0.4) is 0 Å². The van der Waals surface area contributed by atoms with E-state index in [9.17, 15) is 0 Å². The Bertz CT molecular complexity index is 436. The van der Waals surface area contributed by atoms with Gasteiger partial charge in [0.2, 0.25) is 0 Å². The standard InChI is InChI=1S/C10H10ClN3/c11-8-3-1-2-7(4-8)5-9-6-13-10(12)14-9/h1-4,6H,5H2,(H3,12,13,14). The van der Waals surface area contributed by atoms with E-state index in [0.29, 0.717) is 5.95 Å². The van der Waals surface area contributed by atoms with Crippen molar-refractivity contribution in [1.29, 1.82) is 0 Å². The Morgan fingerprint density at radius 2 is 2.29 bits per heavy atom. The monoisotopic (exact) mass is 207 g/mol. The minimum Gasteiger partial charge on any atom is -0.369 e. The fraction of sp³-hybridized carbons (Fsp3) is 0.100. The number of benzene rings is 1. The van der Waals surface area contributed by atoms with Crippen molar-refractivity contribution in [3.63, 3.8) is 0 Å². The van der Waals surface area contributed by atoms with E-state index in [-0.39, 0.29) is 0 Å². The highest BCUT2D eigenvalue weighted by Crippen LogP contribution is 2.13. The molecule has 1 heterocycles. The third kappa shape index (κ3) is 2.06. The molecule has 0 aliphatic carbocycles. The minimum atomic E-state index is 0.446. The number of imidazole rings is 1. The number of nitrogen functional groups attached to an aromatic ring is 1. The number of hydrogen-bond donors (Lipinski definition) is 2. The van der Waals surface area contributed by atoms with Crippen LogP contribution in [0.2, 0.25) is 5.02 Å². The van der Waals surface area contributed by atoms with Crippen LogP contribution >= 0.6 is 11.6 Å². The van der Waals surface area contributed by atoms with Crippen LogP contribution in [0.15, 0.2) is 30.5 Å². The zero-order chi connectivity index (χ0) is 9.97. The maximum Gasteiger partial charge on any atom is 0.197 e. The lowest BCUT2D eigenvalue weighted by Gasteiger charge is -1.98. The molecule has 0 saturated carbocycles. The Morgan fingerprint density at radius 3 is 2.93 bits per heavy atom. The summed E-state index contributed by atoms with van der Waals surface area (Å²) in [6, 6.07) is 7.73. The third-order valence-electron chi connectivity index (χ3n) is 1.93. The summed E-state index contributed by atoms with van der Waals surface area (Å²) in [7, 11) is 0. The van der Waals surface area contributed by atoms with E-state index in [1.54, 1.807) is 6.20 Å². The Balaban J connectivity index is 2.18. The van der Waals surface area contributed by atoms with Gasteiger partial charge in [-0.2, -0.15) is 0 Å². The quantitative estimate of drug-likeness (QED) is 0.794. The van der Waals surface area contributed by atoms with Gasteiger partial charge in [-0.1, -0.05) is 23.7 Å². The Hall–Kier alpha value is -1.48. The molecule has 72 valence electrons. The highest BCUT2D eigenvalue weighted by atomic mass is 35.5. The maximum atomic E-state index is 5.87. The number of anilines is 1. The van der Waals surface area contributed by atoms with Crippen LogP contribution in [-0.4, -0.2) is 9.97 Å². The second-order valence-electron chi connectivity index (χ2n) is 3.10. The Labute approximate surface area is 86.9 Å². The summed E-state index contributed by atoms with van der Waals surface area (Å²) >= 11 is 5.87. The van der Waals surface area contributed by atoms with E-state index in [1.165, 1.54) is 0 Å². The summed E-state index contributed by atoms with van der Waals surface area (Å²) < 4.78 is 0. The molecular weight excluding hydrogens is 198 g/mol. The molecule has 0 aliphatic heterocycles. The van der Waals surface area contributed by atoms with Gasteiger partial charge in [-0.15, -0.1) is 0 Å². The fourth-order valence-electron chi connectivity index (χ4n) is 1.33. The minimum absolute atomic E-state index is 0.446. The second kappa shape index (κ2) is 3.72. The summed E-state index contributed by atoms with van der Waals surface area (Å²) in [5.74, 6) is 0.446. The van der Waals surface area contributed by atoms with Gasteiger partial charge in [0.05, 0.1) is 6.20 Å². The molecule has 0 radical (unpaired) electrons. The van der Waals surface area contributed by atoms with Crippen LogP contribution in [0.25, 0.3) is 0 Å². The highest BCUT2D eigenvalue weighted by molar-refractivity contribution is 6.30. The van der Waals surface area contributed by atoms with Gasteiger partial charge in [0.25, 0.3) is 0 Å². The van der Waals surface area contributed by atoms with E-state index in [0.717, 1.165) is 22.7 Å². The van der Waals surface area contributed by atoms with Crippen molar-refractivity contribution in [1.82, 2.24) is 9.97 Å². The topological polar surface area (TPSA) is 54.7 Å². The van der Waals surface area contributed by atoms with Crippen molar-refractivity contribution in [2.75, 3.05) is 5.73 Å².